The molecule has 5 fully saturated rings. The molecule has 0 amide bonds. The van der Waals surface area contributed by atoms with Crippen molar-refractivity contribution in [2.75, 3.05) is 32.0 Å². The van der Waals surface area contributed by atoms with E-state index in [9.17, 15) is 13.2 Å². The molecule has 0 atom stereocenters. The van der Waals surface area contributed by atoms with Gasteiger partial charge in [0.05, 0.1) is 30.0 Å². The van der Waals surface area contributed by atoms with Crippen molar-refractivity contribution in [2.24, 2.45) is 0 Å². The predicted molar refractivity (Wildman–Crippen MR) is 104 cm³/mol. The number of morpholine rings is 1. The second-order valence-corrected chi connectivity index (χ2v) is 9.36. The lowest BCUT2D eigenvalue weighted by atomic mass is 9.43. The van der Waals surface area contributed by atoms with Gasteiger partial charge < -0.3 is 15.0 Å². The number of nitrogen functional groups attached to an aromatic ring is 1. The van der Waals surface area contributed by atoms with Gasteiger partial charge in [-0.1, -0.05) is 0 Å². The van der Waals surface area contributed by atoms with Crippen molar-refractivity contribution in [2.45, 2.75) is 55.3 Å². The van der Waals surface area contributed by atoms with Crippen LogP contribution in [0.4, 0.5) is 19.0 Å². The number of ether oxygens (including phenoxy) is 1. The van der Waals surface area contributed by atoms with Crippen molar-refractivity contribution in [1.29, 1.82) is 0 Å². The molecule has 2 N–H and O–H groups in total. The number of pyridine rings is 1. The van der Waals surface area contributed by atoms with Gasteiger partial charge in [0.15, 0.2) is 0 Å². The number of alkyl halides is 3. The van der Waals surface area contributed by atoms with Gasteiger partial charge in [-0.15, -0.1) is 0 Å². The van der Waals surface area contributed by atoms with Crippen molar-refractivity contribution in [3.8, 4) is 11.3 Å². The maximum absolute atomic E-state index is 13.3. The van der Waals surface area contributed by atoms with Gasteiger partial charge in [0.1, 0.15) is 11.6 Å². The molecule has 0 spiro atoms. The summed E-state index contributed by atoms with van der Waals surface area (Å²) in [7, 11) is 0. The third-order valence-electron chi connectivity index (χ3n) is 7.36. The lowest BCUT2D eigenvalue weighted by Gasteiger charge is -2.74. The molecule has 4 aliphatic carbocycles. The first-order valence-corrected chi connectivity index (χ1v) is 10.6. The smallest absolute Gasteiger partial charge is 0.383 e. The van der Waals surface area contributed by atoms with Gasteiger partial charge in [0, 0.05) is 42.5 Å². The van der Waals surface area contributed by atoms with Crippen LogP contribution in [0.2, 0.25) is 0 Å². The van der Waals surface area contributed by atoms with Gasteiger partial charge >= 0.3 is 6.18 Å². The van der Waals surface area contributed by atoms with E-state index in [1.165, 1.54) is 6.20 Å². The normalized spacial score (nSPS) is 31.3. The first kappa shape index (κ1) is 18.6. The molecule has 0 unspecified atom stereocenters. The van der Waals surface area contributed by atoms with Crippen molar-refractivity contribution >= 4 is 5.82 Å². The zero-order chi connectivity index (χ0) is 20.7. The Hall–Kier alpha value is -2.13. The van der Waals surface area contributed by atoms with E-state index in [0.29, 0.717) is 17.2 Å². The highest BCUT2D eigenvalue weighted by atomic mass is 19.4. The standard InChI is InChI=1S/C21H24F3N5O/c22-21(23,24)15-7-14(8-26-17(15)25)16-9-29(18(27-16)13-1-2-13)20-10-19(11-20,12-20)28-3-5-30-6-4-28/h7-9,13H,1-6,10-12H2,(H2,25,26). The van der Waals surface area contributed by atoms with E-state index in [2.05, 4.69) is 14.5 Å². The van der Waals surface area contributed by atoms with Crippen LogP contribution in [-0.4, -0.2) is 51.3 Å². The summed E-state index contributed by atoms with van der Waals surface area (Å²) in [6.07, 6.45) is 4.25. The Bertz CT molecular complexity index is 987. The molecule has 1 aliphatic heterocycles. The Balaban J connectivity index is 1.31. The molecule has 0 aromatic carbocycles. The fourth-order valence-electron chi connectivity index (χ4n) is 5.70. The molecule has 5 aliphatic rings. The summed E-state index contributed by atoms with van der Waals surface area (Å²) in [6, 6.07) is 1.07. The number of imidazole rings is 1. The number of aromatic nitrogens is 3. The van der Waals surface area contributed by atoms with E-state index < -0.39 is 17.6 Å². The highest BCUT2D eigenvalue weighted by Gasteiger charge is 2.71. The molecular formula is C21H24F3N5O. The maximum Gasteiger partial charge on any atom is 0.419 e. The number of rotatable bonds is 4. The van der Waals surface area contributed by atoms with Crippen LogP contribution in [0.25, 0.3) is 11.3 Å². The molecule has 2 aromatic rings. The minimum atomic E-state index is -4.53. The molecular weight excluding hydrogens is 395 g/mol. The number of nitrogens with zero attached hydrogens (tertiary/aromatic N) is 4. The van der Waals surface area contributed by atoms with Crippen LogP contribution < -0.4 is 5.73 Å². The van der Waals surface area contributed by atoms with Crippen LogP contribution in [0.15, 0.2) is 18.5 Å². The van der Waals surface area contributed by atoms with Gasteiger partial charge in [-0.25, -0.2) is 9.97 Å². The Morgan fingerprint density at radius 3 is 2.43 bits per heavy atom. The summed E-state index contributed by atoms with van der Waals surface area (Å²) in [5.74, 6) is 0.932. The number of nitrogens with two attached hydrogens (primary N) is 1. The lowest BCUT2D eigenvalue weighted by molar-refractivity contribution is -0.221. The van der Waals surface area contributed by atoms with E-state index in [1.54, 1.807) is 0 Å². The topological polar surface area (TPSA) is 69.2 Å². The molecule has 6 nitrogen and oxygen atoms in total. The van der Waals surface area contributed by atoms with Gasteiger partial charge in [0.2, 0.25) is 0 Å². The van der Waals surface area contributed by atoms with Crippen LogP contribution in [-0.2, 0) is 16.5 Å². The van der Waals surface area contributed by atoms with Crippen molar-refractivity contribution in [1.82, 2.24) is 19.4 Å². The van der Waals surface area contributed by atoms with E-state index in [0.717, 1.165) is 70.3 Å². The number of halogens is 3. The van der Waals surface area contributed by atoms with Crippen molar-refractivity contribution in [3.63, 3.8) is 0 Å². The average molecular weight is 419 g/mol. The summed E-state index contributed by atoms with van der Waals surface area (Å²) in [6.45, 7) is 3.56. The number of hydrogen-bond acceptors (Lipinski definition) is 5. The molecule has 7 rings (SSSR count). The Labute approximate surface area is 172 Å². The van der Waals surface area contributed by atoms with Crippen LogP contribution in [0.3, 0.4) is 0 Å². The maximum atomic E-state index is 13.3. The summed E-state index contributed by atoms with van der Waals surface area (Å²) in [5.41, 5.74) is 5.83. The molecule has 1 saturated heterocycles. The quantitative estimate of drug-likeness (QED) is 0.823. The van der Waals surface area contributed by atoms with Gasteiger partial charge in [0.25, 0.3) is 0 Å². The number of anilines is 1. The van der Waals surface area contributed by atoms with Crippen molar-refractivity contribution in [3.05, 3.63) is 29.8 Å². The SMILES string of the molecule is Nc1ncc(-c2cn(C34CC(N5CCOCC5)(C3)C4)c(C3CC3)n2)cc1C(F)(F)F. The molecule has 160 valence electrons. The Morgan fingerprint density at radius 2 is 1.80 bits per heavy atom. The molecule has 2 bridgehead atoms. The molecule has 0 radical (unpaired) electrons. The van der Waals surface area contributed by atoms with Crippen LogP contribution in [0.1, 0.15) is 49.4 Å². The Kier molecular flexibility index (Phi) is 3.71. The zero-order valence-corrected chi connectivity index (χ0v) is 16.6. The highest BCUT2D eigenvalue weighted by molar-refractivity contribution is 5.62. The summed E-state index contributed by atoms with van der Waals surface area (Å²) < 4.78 is 47.6. The minimum Gasteiger partial charge on any atom is -0.383 e. The Morgan fingerprint density at radius 1 is 1.10 bits per heavy atom. The first-order chi connectivity index (χ1) is 14.3. The molecule has 9 heteroatoms. The van der Waals surface area contributed by atoms with E-state index >= 15 is 0 Å². The highest BCUT2D eigenvalue weighted by Crippen LogP contribution is 2.69. The minimum absolute atomic E-state index is 0.0651. The van der Waals surface area contributed by atoms with Crippen molar-refractivity contribution < 1.29 is 17.9 Å². The summed E-state index contributed by atoms with van der Waals surface area (Å²) >= 11 is 0. The molecule has 4 saturated carbocycles. The van der Waals surface area contributed by atoms with Crippen LogP contribution in [0, 0.1) is 0 Å². The van der Waals surface area contributed by atoms with E-state index in [1.807, 2.05) is 6.20 Å². The second kappa shape index (κ2) is 5.97. The van der Waals surface area contributed by atoms with Gasteiger partial charge in [-0.05, 0) is 38.2 Å². The average Bonchev–Trinajstić information content (AvgIpc) is 3.40. The third-order valence-corrected chi connectivity index (χ3v) is 7.36. The van der Waals surface area contributed by atoms with Gasteiger partial charge in [-0.2, -0.15) is 13.2 Å². The fourth-order valence-corrected chi connectivity index (χ4v) is 5.70. The predicted octanol–water partition coefficient (Wildman–Crippen LogP) is 3.39. The number of hydrogen-bond donors (Lipinski definition) is 1. The summed E-state index contributed by atoms with van der Waals surface area (Å²) in [4.78, 5) is 11.1. The van der Waals surface area contributed by atoms with Gasteiger partial charge in [-0.3, -0.25) is 4.90 Å². The monoisotopic (exact) mass is 419 g/mol. The van der Waals surface area contributed by atoms with E-state index in [-0.39, 0.29) is 11.1 Å². The van der Waals surface area contributed by atoms with Crippen LogP contribution in [0.5, 0.6) is 0 Å². The fraction of sp³-hybridized carbons (Fsp3) is 0.619. The zero-order valence-electron chi connectivity index (χ0n) is 16.6. The summed E-state index contributed by atoms with van der Waals surface area (Å²) in [5, 5.41) is 0. The first-order valence-electron chi connectivity index (χ1n) is 10.6. The molecule has 30 heavy (non-hydrogen) atoms. The largest absolute Gasteiger partial charge is 0.419 e. The van der Waals surface area contributed by atoms with E-state index in [4.69, 9.17) is 15.5 Å². The molecule has 2 aromatic heterocycles. The second-order valence-electron chi connectivity index (χ2n) is 9.36. The van der Waals surface area contributed by atoms with Crippen LogP contribution >= 0.6 is 0 Å². The molecule has 3 heterocycles. The lowest BCUT2D eigenvalue weighted by Crippen LogP contribution is -2.79. The third kappa shape index (κ3) is 2.64.